The van der Waals surface area contributed by atoms with Gasteiger partial charge in [-0.05, 0) is 44.0 Å². The number of nitrogens with one attached hydrogen (secondary N) is 1. The molecule has 1 aromatic heterocycles. The number of nitrogens with zero attached hydrogens (tertiary/aromatic N) is 1. The van der Waals surface area contributed by atoms with Gasteiger partial charge in [0.2, 0.25) is 0 Å². The molecular weight excluding hydrogens is 188 g/mol. The molecule has 0 aromatic carbocycles. The second-order valence-corrected chi connectivity index (χ2v) is 4.37. The predicted octanol–water partition coefficient (Wildman–Crippen LogP) is 1.74. The van der Waals surface area contributed by atoms with Crippen LogP contribution in [-0.2, 0) is 11.3 Å². The van der Waals surface area contributed by atoms with Crippen molar-refractivity contribution in [1.82, 2.24) is 10.3 Å². The Labute approximate surface area is 90.9 Å². The highest BCUT2D eigenvalue weighted by Gasteiger charge is 2.27. The predicted molar refractivity (Wildman–Crippen MR) is 59.5 cm³/mol. The van der Waals surface area contributed by atoms with E-state index in [2.05, 4.69) is 17.2 Å². The zero-order chi connectivity index (χ0) is 10.6. The quantitative estimate of drug-likeness (QED) is 0.818. The largest absolute Gasteiger partial charge is 0.369 e. The Balaban J connectivity index is 1.87. The molecule has 0 saturated carbocycles. The second kappa shape index (κ2) is 4.73. The van der Waals surface area contributed by atoms with Crippen molar-refractivity contribution in [2.75, 3.05) is 13.1 Å². The lowest BCUT2D eigenvalue weighted by atomic mass is 9.96. The summed E-state index contributed by atoms with van der Waals surface area (Å²) in [7, 11) is 0. The van der Waals surface area contributed by atoms with Gasteiger partial charge in [-0.3, -0.25) is 4.98 Å². The lowest BCUT2D eigenvalue weighted by Gasteiger charge is -2.34. The minimum Gasteiger partial charge on any atom is -0.369 e. The fourth-order valence-electron chi connectivity index (χ4n) is 1.89. The van der Waals surface area contributed by atoms with Gasteiger partial charge in [0.25, 0.3) is 0 Å². The van der Waals surface area contributed by atoms with Crippen LogP contribution in [0.15, 0.2) is 24.5 Å². The van der Waals surface area contributed by atoms with Gasteiger partial charge in [0, 0.05) is 18.9 Å². The molecule has 1 unspecified atom stereocenters. The summed E-state index contributed by atoms with van der Waals surface area (Å²) in [6, 6.07) is 4.00. The van der Waals surface area contributed by atoms with Crippen molar-refractivity contribution in [2.45, 2.75) is 32.0 Å². The van der Waals surface area contributed by atoms with Crippen molar-refractivity contribution in [3.05, 3.63) is 30.1 Å². The molecule has 1 saturated heterocycles. The van der Waals surface area contributed by atoms with Crippen LogP contribution in [0.5, 0.6) is 0 Å². The van der Waals surface area contributed by atoms with Crippen LogP contribution in [0.1, 0.15) is 25.3 Å². The molecular formula is C12H18N2O. The van der Waals surface area contributed by atoms with Crippen LogP contribution in [0.4, 0.5) is 0 Å². The SMILES string of the molecule is CC1(OCc2ccncc2)CCCNC1. The van der Waals surface area contributed by atoms with Gasteiger partial charge < -0.3 is 10.1 Å². The maximum absolute atomic E-state index is 5.97. The van der Waals surface area contributed by atoms with Crippen molar-refractivity contribution < 1.29 is 4.74 Å². The molecule has 0 aliphatic carbocycles. The molecule has 0 bridgehead atoms. The summed E-state index contributed by atoms with van der Waals surface area (Å²) >= 11 is 0. The molecule has 0 amide bonds. The van der Waals surface area contributed by atoms with Crippen LogP contribution in [0, 0.1) is 0 Å². The summed E-state index contributed by atoms with van der Waals surface area (Å²) in [5, 5.41) is 3.37. The monoisotopic (exact) mass is 206 g/mol. The van der Waals surface area contributed by atoms with Crippen LogP contribution >= 0.6 is 0 Å². The molecule has 2 rings (SSSR count). The summed E-state index contributed by atoms with van der Waals surface area (Å²) < 4.78 is 5.97. The van der Waals surface area contributed by atoms with Crippen molar-refractivity contribution >= 4 is 0 Å². The average Bonchev–Trinajstić information content (AvgIpc) is 2.29. The van der Waals surface area contributed by atoms with Crippen LogP contribution < -0.4 is 5.32 Å². The Kier molecular flexibility index (Phi) is 3.34. The van der Waals surface area contributed by atoms with Crippen molar-refractivity contribution in [2.24, 2.45) is 0 Å². The molecule has 1 N–H and O–H groups in total. The van der Waals surface area contributed by atoms with Crippen LogP contribution in [0.2, 0.25) is 0 Å². The number of hydrogen-bond donors (Lipinski definition) is 1. The van der Waals surface area contributed by atoms with E-state index < -0.39 is 0 Å². The molecule has 0 radical (unpaired) electrons. The lowest BCUT2D eigenvalue weighted by molar-refractivity contribution is -0.0571. The first-order chi connectivity index (χ1) is 7.29. The Morgan fingerprint density at radius 2 is 2.27 bits per heavy atom. The van der Waals surface area contributed by atoms with E-state index in [-0.39, 0.29) is 5.60 Å². The first kappa shape index (κ1) is 10.6. The molecule has 3 nitrogen and oxygen atoms in total. The summed E-state index contributed by atoms with van der Waals surface area (Å²) in [5.74, 6) is 0. The molecule has 3 heteroatoms. The van der Waals surface area contributed by atoms with Crippen molar-refractivity contribution in [1.29, 1.82) is 0 Å². The number of rotatable bonds is 3. The molecule has 1 atom stereocenters. The van der Waals surface area contributed by atoms with Crippen LogP contribution in [0.25, 0.3) is 0 Å². The van der Waals surface area contributed by atoms with Crippen molar-refractivity contribution in [3.63, 3.8) is 0 Å². The van der Waals surface area contributed by atoms with Gasteiger partial charge >= 0.3 is 0 Å². The highest BCUT2D eigenvalue weighted by molar-refractivity contribution is 5.08. The zero-order valence-corrected chi connectivity index (χ0v) is 9.20. The van der Waals surface area contributed by atoms with Gasteiger partial charge in [-0.15, -0.1) is 0 Å². The van der Waals surface area contributed by atoms with E-state index in [1.165, 1.54) is 12.0 Å². The maximum Gasteiger partial charge on any atom is 0.0783 e. The topological polar surface area (TPSA) is 34.1 Å². The Morgan fingerprint density at radius 3 is 2.93 bits per heavy atom. The Bertz CT molecular complexity index is 294. The zero-order valence-electron chi connectivity index (χ0n) is 9.20. The molecule has 0 spiro atoms. The first-order valence-electron chi connectivity index (χ1n) is 5.52. The first-order valence-corrected chi connectivity index (χ1v) is 5.52. The van der Waals surface area contributed by atoms with E-state index in [1.54, 1.807) is 12.4 Å². The van der Waals surface area contributed by atoms with Crippen LogP contribution in [0.3, 0.4) is 0 Å². The van der Waals surface area contributed by atoms with Gasteiger partial charge in [0.1, 0.15) is 0 Å². The van der Waals surface area contributed by atoms with Gasteiger partial charge in [-0.1, -0.05) is 0 Å². The summed E-state index contributed by atoms with van der Waals surface area (Å²) in [6.45, 7) is 4.94. The molecule has 82 valence electrons. The lowest BCUT2D eigenvalue weighted by Crippen LogP contribution is -2.45. The van der Waals surface area contributed by atoms with E-state index in [0.717, 1.165) is 19.5 Å². The fraction of sp³-hybridized carbons (Fsp3) is 0.583. The molecule has 1 aliphatic rings. The highest BCUT2D eigenvalue weighted by atomic mass is 16.5. The van der Waals surface area contributed by atoms with E-state index in [4.69, 9.17) is 4.74 Å². The van der Waals surface area contributed by atoms with E-state index in [9.17, 15) is 0 Å². The molecule has 2 heterocycles. The molecule has 1 aliphatic heterocycles. The third-order valence-electron chi connectivity index (χ3n) is 2.89. The molecule has 1 fully saturated rings. The summed E-state index contributed by atoms with van der Waals surface area (Å²) in [6.07, 6.45) is 5.96. The number of hydrogen-bond acceptors (Lipinski definition) is 3. The van der Waals surface area contributed by atoms with Gasteiger partial charge in [-0.25, -0.2) is 0 Å². The van der Waals surface area contributed by atoms with Gasteiger partial charge in [-0.2, -0.15) is 0 Å². The van der Waals surface area contributed by atoms with Crippen LogP contribution in [-0.4, -0.2) is 23.7 Å². The Morgan fingerprint density at radius 1 is 1.47 bits per heavy atom. The molecule has 1 aromatic rings. The minimum absolute atomic E-state index is 0.00151. The normalized spacial score (nSPS) is 26.5. The summed E-state index contributed by atoms with van der Waals surface area (Å²) in [4.78, 5) is 3.99. The second-order valence-electron chi connectivity index (χ2n) is 4.37. The molecule has 15 heavy (non-hydrogen) atoms. The average molecular weight is 206 g/mol. The highest BCUT2D eigenvalue weighted by Crippen LogP contribution is 2.21. The van der Waals surface area contributed by atoms with E-state index in [1.807, 2.05) is 12.1 Å². The van der Waals surface area contributed by atoms with Crippen molar-refractivity contribution in [3.8, 4) is 0 Å². The number of pyridine rings is 1. The smallest absolute Gasteiger partial charge is 0.0783 e. The number of ether oxygens (including phenoxy) is 1. The summed E-state index contributed by atoms with van der Waals surface area (Å²) in [5.41, 5.74) is 1.19. The third-order valence-corrected chi connectivity index (χ3v) is 2.89. The Hall–Kier alpha value is -0.930. The third kappa shape index (κ3) is 3.01. The minimum atomic E-state index is 0.00151. The fourth-order valence-corrected chi connectivity index (χ4v) is 1.89. The van der Waals surface area contributed by atoms with Gasteiger partial charge in [0.05, 0.1) is 12.2 Å². The standard InChI is InChI=1S/C12H18N2O/c1-12(5-2-6-14-10-12)15-9-11-3-7-13-8-4-11/h3-4,7-8,14H,2,5-6,9-10H2,1H3. The number of piperidine rings is 1. The maximum atomic E-state index is 5.97. The van der Waals surface area contributed by atoms with E-state index >= 15 is 0 Å². The number of aromatic nitrogens is 1. The van der Waals surface area contributed by atoms with Gasteiger partial charge in [0.15, 0.2) is 0 Å². The van der Waals surface area contributed by atoms with E-state index in [0.29, 0.717) is 6.61 Å².